The van der Waals surface area contributed by atoms with Gasteiger partial charge in [0.05, 0.1) is 10.6 Å². The molecule has 0 aliphatic carbocycles. The number of hydrogen-bond donors (Lipinski definition) is 2. The van der Waals surface area contributed by atoms with Crippen molar-refractivity contribution in [3.8, 4) is 0 Å². The van der Waals surface area contributed by atoms with E-state index in [0.717, 1.165) is 6.07 Å². The Hall–Kier alpha value is -1.67. The van der Waals surface area contributed by atoms with E-state index in [4.69, 9.17) is 5.73 Å². The van der Waals surface area contributed by atoms with E-state index in [-0.39, 0.29) is 15.1 Å². The lowest BCUT2D eigenvalue weighted by molar-refractivity contribution is 0.581. The van der Waals surface area contributed by atoms with Crippen LogP contribution in [0, 0.1) is 18.6 Å². The Bertz CT molecular complexity index is 787. The molecule has 2 aromatic carbocycles. The molecule has 0 amide bonds. The first-order valence-corrected chi connectivity index (χ1v) is 8.02. The Kier molecular flexibility index (Phi) is 4.20. The van der Waals surface area contributed by atoms with Crippen LogP contribution in [0.2, 0.25) is 0 Å². The molecule has 0 atom stereocenters. The van der Waals surface area contributed by atoms with Crippen molar-refractivity contribution in [2.75, 3.05) is 10.5 Å². The summed E-state index contributed by atoms with van der Waals surface area (Å²) in [7, 11) is -4.02. The van der Waals surface area contributed by atoms with Crippen molar-refractivity contribution in [3.63, 3.8) is 0 Å². The number of benzene rings is 2. The minimum absolute atomic E-state index is 0.0309. The predicted molar refractivity (Wildman–Crippen MR) is 80.5 cm³/mol. The maximum Gasteiger partial charge on any atom is 0.262 e. The van der Waals surface area contributed by atoms with Crippen LogP contribution in [-0.2, 0) is 10.0 Å². The Morgan fingerprint density at radius 1 is 1.19 bits per heavy atom. The lowest BCUT2D eigenvalue weighted by Gasteiger charge is -2.13. The Balaban J connectivity index is 2.47. The highest BCUT2D eigenvalue weighted by Gasteiger charge is 2.21. The predicted octanol–water partition coefficient (Wildman–Crippen LogP) is 3.42. The van der Waals surface area contributed by atoms with E-state index < -0.39 is 21.7 Å². The average Bonchev–Trinajstić information content (AvgIpc) is 2.33. The normalized spacial score (nSPS) is 11.4. The number of rotatable bonds is 3. The summed E-state index contributed by atoms with van der Waals surface area (Å²) >= 11 is 2.93. The van der Waals surface area contributed by atoms with Gasteiger partial charge < -0.3 is 5.73 Å². The largest absolute Gasteiger partial charge is 0.399 e. The lowest BCUT2D eigenvalue weighted by Crippen LogP contribution is -2.16. The summed E-state index contributed by atoms with van der Waals surface area (Å²) in [5.41, 5.74) is 6.04. The molecule has 0 saturated heterocycles. The van der Waals surface area contributed by atoms with Gasteiger partial charge in [-0.1, -0.05) is 0 Å². The van der Waals surface area contributed by atoms with Crippen LogP contribution in [0.3, 0.4) is 0 Å². The quantitative estimate of drug-likeness (QED) is 0.806. The number of aryl methyl sites for hydroxylation is 1. The molecule has 0 aliphatic rings. The molecule has 0 unspecified atom stereocenters. The number of sulfonamides is 1. The number of anilines is 2. The number of nitrogen functional groups attached to an aromatic ring is 1. The van der Waals surface area contributed by atoms with E-state index in [2.05, 4.69) is 20.7 Å². The Morgan fingerprint density at radius 3 is 2.43 bits per heavy atom. The van der Waals surface area contributed by atoms with Crippen molar-refractivity contribution in [1.82, 2.24) is 0 Å². The SMILES string of the molecule is Cc1cc(N)ccc1S(=O)(=O)Nc1c(F)cc(F)cc1Br. The van der Waals surface area contributed by atoms with Gasteiger partial charge in [0.1, 0.15) is 5.82 Å². The van der Waals surface area contributed by atoms with E-state index in [0.29, 0.717) is 17.3 Å². The molecular formula is C13H11BrF2N2O2S. The number of nitrogens with two attached hydrogens (primary N) is 1. The van der Waals surface area contributed by atoms with Crippen LogP contribution in [0.15, 0.2) is 39.7 Å². The molecule has 2 aromatic rings. The van der Waals surface area contributed by atoms with Crippen LogP contribution in [-0.4, -0.2) is 8.42 Å². The molecule has 112 valence electrons. The molecule has 0 aliphatic heterocycles. The average molecular weight is 377 g/mol. The second-order valence-electron chi connectivity index (χ2n) is 4.37. The summed E-state index contributed by atoms with van der Waals surface area (Å²) in [6, 6.07) is 5.81. The zero-order valence-corrected chi connectivity index (χ0v) is 13.2. The molecule has 0 saturated carbocycles. The van der Waals surface area contributed by atoms with Crippen molar-refractivity contribution < 1.29 is 17.2 Å². The minimum Gasteiger partial charge on any atom is -0.399 e. The highest BCUT2D eigenvalue weighted by Crippen LogP contribution is 2.30. The van der Waals surface area contributed by atoms with Crippen LogP contribution < -0.4 is 10.5 Å². The van der Waals surface area contributed by atoms with Crippen molar-refractivity contribution >= 4 is 37.3 Å². The molecular weight excluding hydrogens is 366 g/mol. The first kappa shape index (κ1) is 15.7. The smallest absolute Gasteiger partial charge is 0.262 e. The first-order valence-electron chi connectivity index (χ1n) is 5.74. The highest BCUT2D eigenvalue weighted by atomic mass is 79.9. The molecule has 8 heteroatoms. The fourth-order valence-electron chi connectivity index (χ4n) is 1.80. The van der Waals surface area contributed by atoms with Gasteiger partial charge in [-0.3, -0.25) is 4.72 Å². The third-order valence-electron chi connectivity index (χ3n) is 2.73. The van der Waals surface area contributed by atoms with E-state index in [9.17, 15) is 17.2 Å². The van der Waals surface area contributed by atoms with Crippen LogP contribution in [0.25, 0.3) is 0 Å². The Morgan fingerprint density at radius 2 is 1.86 bits per heavy atom. The number of halogens is 3. The van der Waals surface area contributed by atoms with E-state index in [1.54, 1.807) is 6.92 Å². The molecule has 0 bridgehead atoms. The molecule has 0 aromatic heterocycles. The van der Waals surface area contributed by atoms with Gasteiger partial charge in [-0.25, -0.2) is 17.2 Å². The van der Waals surface area contributed by atoms with Gasteiger partial charge in [-0.2, -0.15) is 0 Å². The summed E-state index contributed by atoms with van der Waals surface area (Å²) in [4.78, 5) is -0.0349. The van der Waals surface area contributed by atoms with Gasteiger partial charge in [0.15, 0.2) is 5.82 Å². The first-order chi connectivity index (χ1) is 9.70. The standard InChI is InChI=1S/C13H11BrF2N2O2S/c1-7-4-9(17)2-3-12(7)21(19,20)18-13-10(14)5-8(15)6-11(13)16/h2-6,18H,17H2,1H3. The molecule has 4 nitrogen and oxygen atoms in total. The zero-order valence-electron chi connectivity index (χ0n) is 10.8. The Labute approximate surface area is 129 Å². The minimum atomic E-state index is -4.02. The van der Waals surface area contributed by atoms with Gasteiger partial charge in [-0.15, -0.1) is 0 Å². The number of hydrogen-bond acceptors (Lipinski definition) is 3. The molecule has 0 spiro atoms. The van der Waals surface area contributed by atoms with Gasteiger partial charge in [0.25, 0.3) is 10.0 Å². The third kappa shape index (κ3) is 3.33. The van der Waals surface area contributed by atoms with E-state index in [1.807, 2.05) is 0 Å². The molecule has 0 radical (unpaired) electrons. The lowest BCUT2D eigenvalue weighted by atomic mass is 10.2. The molecule has 21 heavy (non-hydrogen) atoms. The van der Waals surface area contributed by atoms with Crippen molar-refractivity contribution in [1.29, 1.82) is 0 Å². The number of nitrogens with one attached hydrogen (secondary N) is 1. The maximum atomic E-state index is 13.7. The van der Waals surface area contributed by atoms with E-state index >= 15 is 0 Å². The molecule has 0 fully saturated rings. The summed E-state index contributed by atoms with van der Waals surface area (Å²) in [6.07, 6.45) is 0. The fourth-order valence-corrected chi connectivity index (χ4v) is 3.76. The van der Waals surface area contributed by atoms with Crippen molar-refractivity contribution in [2.45, 2.75) is 11.8 Å². The monoisotopic (exact) mass is 376 g/mol. The van der Waals surface area contributed by atoms with Crippen molar-refractivity contribution in [2.24, 2.45) is 0 Å². The summed E-state index contributed by atoms with van der Waals surface area (Å²) in [6.45, 7) is 1.57. The second-order valence-corrected chi connectivity index (χ2v) is 6.88. The zero-order chi connectivity index (χ0) is 15.8. The van der Waals surface area contributed by atoms with Crippen LogP contribution in [0.1, 0.15) is 5.56 Å². The van der Waals surface area contributed by atoms with Crippen LogP contribution >= 0.6 is 15.9 Å². The van der Waals surface area contributed by atoms with Gasteiger partial charge in [0, 0.05) is 16.2 Å². The van der Waals surface area contributed by atoms with Gasteiger partial charge in [0.2, 0.25) is 0 Å². The summed E-state index contributed by atoms with van der Waals surface area (Å²) in [5, 5.41) is 0. The van der Waals surface area contributed by atoms with Gasteiger partial charge >= 0.3 is 0 Å². The summed E-state index contributed by atoms with van der Waals surface area (Å²) < 4.78 is 53.4. The second kappa shape index (κ2) is 5.61. The van der Waals surface area contributed by atoms with E-state index in [1.165, 1.54) is 18.2 Å². The highest BCUT2D eigenvalue weighted by molar-refractivity contribution is 9.10. The molecule has 3 N–H and O–H groups in total. The molecule has 0 heterocycles. The molecule has 2 rings (SSSR count). The van der Waals surface area contributed by atoms with Crippen LogP contribution in [0.5, 0.6) is 0 Å². The van der Waals surface area contributed by atoms with Crippen molar-refractivity contribution in [3.05, 3.63) is 52.0 Å². The third-order valence-corrected chi connectivity index (χ3v) is 4.87. The van der Waals surface area contributed by atoms with Crippen LogP contribution in [0.4, 0.5) is 20.2 Å². The maximum absolute atomic E-state index is 13.7. The van der Waals surface area contributed by atoms with Gasteiger partial charge in [-0.05, 0) is 52.7 Å². The summed E-state index contributed by atoms with van der Waals surface area (Å²) in [5.74, 6) is -1.83. The topological polar surface area (TPSA) is 72.2 Å². The fraction of sp³-hybridized carbons (Fsp3) is 0.0769.